The van der Waals surface area contributed by atoms with Crippen LogP contribution in [0.25, 0.3) is 0 Å². The summed E-state index contributed by atoms with van der Waals surface area (Å²) in [6.45, 7) is 9.22. The van der Waals surface area contributed by atoms with Gasteiger partial charge in [-0.05, 0) is 68.9 Å². The van der Waals surface area contributed by atoms with Crippen molar-refractivity contribution in [1.82, 2.24) is 15.5 Å². The molecule has 0 atom stereocenters. The number of nitrogens with one attached hydrogen (secondary N) is 2. The van der Waals surface area contributed by atoms with Crippen LogP contribution in [0.3, 0.4) is 0 Å². The SMILES string of the molecule is CN=C(NCCCN1CCC(C)CC1)NCc1ccc(S(C)(=O)=O)c(C)c1.I. The van der Waals surface area contributed by atoms with Gasteiger partial charge in [0, 0.05) is 26.4 Å². The van der Waals surface area contributed by atoms with Crippen LogP contribution in [0.2, 0.25) is 0 Å². The number of guanidine groups is 1. The lowest BCUT2D eigenvalue weighted by molar-refractivity contribution is 0.191. The number of hydrogen-bond acceptors (Lipinski definition) is 4. The minimum atomic E-state index is -3.17. The van der Waals surface area contributed by atoms with E-state index >= 15 is 0 Å². The summed E-state index contributed by atoms with van der Waals surface area (Å²) in [5.41, 5.74) is 1.81. The fourth-order valence-electron chi connectivity index (χ4n) is 3.44. The zero-order valence-electron chi connectivity index (χ0n) is 17.5. The highest BCUT2D eigenvalue weighted by Gasteiger charge is 2.15. The molecule has 0 aromatic heterocycles. The van der Waals surface area contributed by atoms with Crippen molar-refractivity contribution >= 4 is 39.8 Å². The summed E-state index contributed by atoms with van der Waals surface area (Å²) in [5.74, 6) is 1.64. The number of nitrogens with zero attached hydrogens (tertiary/aromatic N) is 2. The molecule has 0 aliphatic carbocycles. The van der Waals surface area contributed by atoms with Gasteiger partial charge in [-0.1, -0.05) is 19.1 Å². The van der Waals surface area contributed by atoms with Crippen LogP contribution in [0.5, 0.6) is 0 Å². The summed E-state index contributed by atoms with van der Waals surface area (Å²) in [6, 6.07) is 5.44. The maximum absolute atomic E-state index is 11.7. The Labute approximate surface area is 187 Å². The van der Waals surface area contributed by atoms with Gasteiger partial charge in [-0.2, -0.15) is 0 Å². The number of piperidine rings is 1. The normalized spacial score (nSPS) is 16.5. The molecule has 1 aromatic carbocycles. The van der Waals surface area contributed by atoms with E-state index in [2.05, 4.69) is 27.4 Å². The molecule has 0 unspecified atom stereocenters. The van der Waals surface area contributed by atoms with Gasteiger partial charge in [0.2, 0.25) is 0 Å². The lowest BCUT2D eigenvalue weighted by Crippen LogP contribution is -2.39. The predicted octanol–water partition coefficient (Wildman–Crippen LogP) is 2.80. The summed E-state index contributed by atoms with van der Waals surface area (Å²) >= 11 is 0. The van der Waals surface area contributed by atoms with Crippen molar-refractivity contribution in [3.63, 3.8) is 0 Å². The Bertz CT molecular complexity index is 745. The predicted molar refractivity (Wildman–Crippen MR) is 127 cm³/mol. The maximum atomic E-state index is 11.7. The molecule has 1 saturated heterocycles. The molecule has 1 aromatic rings. The van der Waals surface area contributed by atoms with E-state index < -0.39 is 9.84 Å². The molecule has 2 N–H and O–H groups in total. The van der Waals surface area contributed by atoms with Gasteiger partial charge in [0.15, 0.2) is 15.8 Å². The van der Waals surface area contributed by atoms with Crippen LogP contribution in [-0.4, -0.2) is 58.8 Å². The molecular formula is C20H35IN4O2S. The second-order valence-electron chi connectivity index (χ2n) is 7.60. The molecule has 28 heavy (non-hydrogen) atoms. The van der Waals surface area contributed by atoms with Crippen LogP contribution in [0, 0.1) is 12.8 Å². The molecule has 0 bridgehead atoms. The van der Waals surface area contributed by atoms with Gasteiger partial charge in [-0.25, -0.2) is 8.42 Å². The third-order valence-corrected chi connectivity index (χ3v) is 6.40. The summed E-state index contributed by atoms with van der Waals surface area (Å²) in [7, 11) is -1.41. The molecule has 0 spiro atoms. The number of halogens is 1. The molecule has 6 nitrogen and oxygen atoms in total. The zero-order chi connectivity index (χ0) is 19.9. The number of sulfone groups is 1. The minimum Gasteiger partial charge on any atom is -0.356 e. The Morgan fingerprint density at radius 3 is 2.50 bits per heavy atom. The summed E-state index contributed by atoms with van der Waals surface area (Å²) in [4.78, 5) is 7.20. The first-order valence-electron chi connectivity index (χ1n) is 9.76. The average molecular weight is 522 g/mol. The van der Waals surface area contributed by atoms with Crippen LogP contribution in [0.15, 0.2) is 28.1 Å². The van der Waals surface area contributed by atoms with Gasteiger partial charge >= 0.3 is 0 Å². The summed E-state index contributed by atoms with van der Waals surface area (Å²) < 4.78 is 23.4. The molecule has 8 heteroatoms. The Morgan fingerprint density at radius 2 is 1.93 bits per heavy atom. The monoisotopic (exact) mass is 522 g/mol. The van der Waals surface area contributed by atoms with Crippen molar-refractivity contribution < 1.29 is 8.42 Å². The van der Waals surface area contributed by atoms with Crippen LogP contribution in [0.4, 0.5) is 0 Å². The topological polar surface area (TPSA) is 73.8 Å². The van der Waals surface area contributed by atoms with Crippen molar-refractivity contribution in [3.8, 4) is 0 Å². The second kappa shape index (κ2) is 12.0. The first-order chi connectivity index (χ1) is 12.8. The first kappa shape index (κ1) is 25.2. The lowest BCUT2D eigenvalue weighted by Gasteiger charge is -2.30. The standard InChI is InChI=1S/C20H34N4O2S.HI/c1-16-8-12-24(13-9-16)11-5-10-22-20(21-3)23-15-18-6-7-19(17(2)14-18)27(4,25)26;/h6-7,14,16H,5,8-13,15H2,1-4H3,(H2,21,22,23);1H. The van der Waals surface area contributed by atoms with Crippen molar-refractivity contribution in [3.05, 3.63) is 29.3 Å². The number of benzene rings is 1. The van der Waals surface area contributed by atoms with Gasteiger partial charge in [-0.15, -0.1) is 24.0 Å². The Kier molecular flexibility index (Phi) is 10.8. The third-order valence-electron chi connectivity index (χ3n) is 5.14. The molecule has 1 fully saturated rings. The quantitative estimate of drug-likeness (QED) is 0.250. The molecule has 2 rings (SSSR count). The number of likely N-dealkylation sites (tertiary alicyclic amines) is 1. The third kappa shape index (κ3) is 8.24. The van der Waals surface area contributed by atoms with E-state index in [0.717, 1.165) is 42.5 Å². The molecule has 0 amide bonds. The zero-order valence-corrected chi connectivity index (χ0v) is 20.6. The highest BCUT2D eigenvalue weighted by Crippen LogP contribution is 2.17. The average Bonchev–Trinajstić information content (AvgIpc) is 2.61. The van der Waals surface area contributed by atoms with E-state index in [1.54, 1.807) is 13.1 Å². The summed E-state index contributed by atoms with van der Waals surface area (Å²) in [6.07, 6.45) is 4.96. The molecule has 1 aliphatic rings. The smallest absolute Gasteiger partial charge is 0.191 e. The number of rotatable bonds is 7. The van der Waals surface area contributed by atoms with Gasteiger partial charge in [-0.3, -0.25) is 4.99 Å². The maximum Gasteiger partial charge on any atom is 0.191 e. The van der Waals surface area contributed by atoms with Crippen LogP contribution < -0.4 is 10.6 Å². The van der Waals surface area contributed by atoms with Crippen LogP contribution >= 0.6 is 24.0 Å². The second-order valence-corrected chi connectivity index (χ2v) is 9.59. The van der Waals surface area contributed by atoms with Crippen molar-refractivity contribution in [2.24, 2.45) is 10.9 Å². The number of hydrogen-bond donors (Lipinski definition) is 2. The van der Waals surface area contributed by atoms with E-state index in [-0.39, 0.29) is 24.0 Å². The molecular weight excluding hydrogens is 487 g/mol. The van der Waals surface area contributed by atoms with E-state index in [9.17, 15) is 8.42 Å². The highest BCUT2D eigenvalue weighted by molar-refractivity contribution is 14.0. The fourth-order valence-corrected chi connectivity index (χ4v) is 4.40. The van der Waals surface area contributed by atoms with E-state index in [1.807, 2.05) is 19.1 Å². The van der Waals surface area contributed by atoms with E-state index in [1.165, 1.54) is 32.2 Å². The summed E-state index contributed by atoms with van der Waals surface area (Å²) in [5, 5.41) is 6.65. The van der Waals surface area contributed by atoms with Crippen LogP contribution in [-0.2, 0) is 16.4 Å². The Balaban J connectivity index is 0.00000392. The largest absolute Gasteiger partial charge is 0.356 e. The van der Waals surface area contributed by atoms with Crippen molar-refractivity contribution in [1.29, 1.82) is 0 Å². The lowest BCUT2D eigenvalue weighted by atomic mass is 9.99. The number of aliphatic imine (C=N–C) groups is 1. The van der Waals surface area contributed by atoms with E-state index in [0.29, 0.717) is 11.4 Å². The van der Waals surface area contributed by atoms with Gasteiger partial charge in [0.25, 0.3) is 0 Å². The van der Waals surface area contributed by atoms with Gasteiger partial charge in [0.05, 0.1) is 4.90 Å². The fraction of sp³-hybridized carbons (Fsp3) is 0.650. The molecule has 0 saturated carbocycles. The minimum absolute atomic E-state index is 0. The molecule has 0 radical (unpaired) electrons. The Hall–Kier alpha value is -0.870. The van der Waals surface area contributed by atoms with Crippen molar-refractivity contribution in [2.45, 2.75) is 44.6 Å². The highest BCUT2D eigenvalue weighted by atomic mass is 127. The number of aryl methyl sites for hydroxylation is 1. The van der Waals surface area contributed by atoms with Crippen molar-refractivity contribution in [2.75, 3.05) is 39.5 Å². The molecule has 1 aliphatic heterocycles. The van der Waals surface area contributed by atoms with Gasteiger partial charge < -0.3 is 15.5 Å². The first-order valence-corrected chi connectivity index (χ1v) is 11.6. The molecule has 1 heterocycles. The molecule has 160 valence electrons. The Morgan fingerprint density at radius 1 is 1.25 bits per heavy atom. The van der Waals surface area contributed by atoms with E-state index in [4.69, 9.17) is 0 Å². The van der Waals surface area contributed by atoms with Gasteiger partial charge in [0.1, 0.15) is 0 Å². The van der Waals surface area contributed by atoms with Crippen LogP contribution in [0.1, 0.15) is 37.3 Å².